The van der Waals surface area contributed by atoms with Crippen molar-refractivity contribution >= 4 is 45.1 Å². The number of non-ortho nitro benzene ring substituents is 2. The maximum atomic E-state index is 12.8. The molecule has 0 spiro atoms. The van der Waals surface area contributed by atoms with Gasteiger partial charge in [-0.05, 0) is 19.1 Å². The first kappa shape index (κ1) is 20.9. The minimum absolute atomic E-state index is 0.0603. The van der Waals surface area contributed by atoms with Crippen molar-refractivity contribution in [3.05, 3.63) is 74.1 Å². The summed E-state index contributed by atoms with van der Waals surface area (Å²) in [4.78, 5) is 37.9. The van der Waals surface area contributed by atoms with E-state index in [1.54, 1.807) is 24.4 Å². The summed E-state index contributed by atoms with van der Waals surface area (Å²) in [5, 5.41) is 37.1. The van der Waals surface area contributed by atoms with E-state index in [0.717, 1.165) is 16.3 Å². The standard InChI is InChI=1S/C19H13N7O5S/c1-11-17(22-21-13-5-7-14(8-6-13)25(28)29)18(27)24(23-11)19-20-16(10-32-19)12-3-2-4-15(9-12)26(30)31/h2-10,17H,1H3. The van der Waals surface area contributed by atoms with Crippen LogP contribution in [0.4, 0.5) is 22.2 Å². The molecule has 32 heavy (non-hydrogen) atoms. The average Bonchev–Trinajstić information content (AvgIpc) is 3.37. The van der Waals surface area contributed by atoms with E-state index in [-0.39, 0.29) is 11.4 Å². The fraction of sp³-hybridized carbons (Fsp3) is 0.105. The third kappa shape index (κ3) is 4.09. The van der Waals surface area contributed by atoms with Gasteiger partial charge in [0.2, 0.25) is 5.13 Å². The minimum atomic E-state index is -0.949. The molecule has 0 saturated carbocycles. The maximum absolute atomic E-state index is 12.8. The molecule has 3 aromatic rings. The number of benzene rings is 2. The fourth-order valence-corrected chi connectivity index (χ4v) is 3.65. The van der Waals surface area contributed by atoms with Gasteiger partial charge in [0, 0.05) is 35.2 Å². The van der Waals surface area contributed by atoms with Gasteiger partial charge in [-0.15, -0.1) is 11.3 Å². The number of carbonyl (C=O) groups excluding carboxylic acids is 1. The molecular formula is C19H13N7O5S. The van der Waals surface area contributed by atoms with Crippen LogP contribution in [0.25, 0.3) is 11.3 Å². The van der Waals surface area contributed by atoms with E-state index in [2.05, 4.69) is 20.3 Å². The smallest absolute Gasteiger partial charge is 0.269 e. The first-order valence-electron chi connectivity index (χ1n) is 9.08. The number of nitro benzene ring substituents is 2. The van der Waals surface area contributed by atoms with E-state index in [9.17, 15) is 25.0 Å². The Bertz CT molecular complexity index is 1290. The van der Waals surface area contributed by atoms with Crippen molar-refractivity contribution in [1.82, 2.24) is 4.98 Å². The number of aromatic nitrogens is 1. The number of rotatable bonds is 6. The molecule has 1 amide bonds. The summed E-state index contributed by atoms with van der Waals surface area (Å²) in [6.07, 6.45) is 0. The van der Waals surface area contributed by atoms with E-state index < -0.39 is 21.8 Å². The van der Waals surface area contributed by atoms with Crippen LogP contribution < -0.4 is 5.01 Å². The van der Waals surface area contributed by atoms with Gasteiger partial charge in [0.1, 0.15) is 0 Å². The maximum Gasteiger partial charge on any atom is 0.282 e. The molecule has 0 aliphatic carbocycles. The lowest BCUT2D eigenvalue weighted by atomic mass is 10.1. The molecule has 0 bridgehead atoms. The van der Waals surface area contributed by atoms with Crippen LogP contribution in [0.5, 0.6) is 0 Å². The van der Waals surface area contributed by atoms with Crippen molar-refractivity contribution in [3.8, 4) is 11.3 Å². The molecule has 1 aromatic heterocycles. The monoisotopic (exact) mass is 451 g/mol. The van der Waals surface area contributed by atoms with E-state index in [4.69, 9.17) is 0 Å². The van der Waals surface area contributed by atoms with Crippen LogP contribution >= 0.6 is 11.3 Å². The topological polar surface area (TPSA) is 157 Å². The highest BCUT2D eigenvalue weighted by molar-refractivity contribution is 7.14. The summed E-state index contributed by atoms with van der Waals surface area (Å²) >= 11 is 1.16. The van der Waals surface area contributed by atoms with Crippen molar-refractivity contribution in [1.29, 1.82) is 0 Å². The number of amides is 1. The largest absolute Gasteiger partial charge is 0.282 e. The summed E-state index contributed by atoms with van der Waals surface area (Å²) in [7, 11) is 0. The predicted octanol–water partition coefficient (Wildman–Crippen LogP) is 4.50. The van der Waals surface area contributed by atoms with Gasteiger partial charge in [0.05, 0.1) is 26.9 Å². The second-order valence-electron chi connectivity index (χ2n) is 6.61. The lowest BCUT2D eigenvalue weighted by Gasteiger charge is -2.08. The first-order chi connectivity index (χ1) is 15.3. The van der Waals surface area contributed by atoms with Crippen molar-refractivity contribution in [3.63, 3.8) is 0 Å². The third-order valence-electron chi connectivity index (χ3n) is 4.47. The second kappa shape index (κ2) is 8.39. The molecule has 12 nitrogen and oxygen atoms in total. The Labute approximate surface area is 183 Å². The highest BCUT2D eigenvalue weighted by atomic mass is 32.1. The summed E-state index contributed by atoms with van der Waals surface area (Å²) in [5.74, 6) is -0.451. The van der Waals surface area contributed by atoms with Crippen LogP contribution in [0.15, 0.2) is 69.2 Å². The molecule has 1 aliphatic rings. The number of nitrogens with zero attached hydrogens (tertiary/aromatic N) is 7. The van der Waals surface area contributed by atoms with Gasteiger partial charge < -0.3 is 0 Å². The van der Waals surface area contributed by atoms with Crippen molar-refractivity contribution in [2.75, 3.05) is 5.01 Å². The molecule has 0 radical (unpaired) electrons. The van der Waals surface area contributed by atoms with E-state index in [0.29, 0.717) is 27.8 Å². The summed E-state index contributed by atoms with van der Waals surface area (Å²) in [6.45, 7) is 1.63. The number of thiazole rings is 1. The number of hydrogen-bond donors (Lipinski definition) is 0. The van der Waals surface area contributed by atoms with Gasteiger partial charge in [-0.1, -0.05) is 12.1 Å². The minimum Gasteiger partial charge on any atom is -0.269 e. The van der Waals surface area contributed by atoms with Gasteiger partial charge in [0.25, 0.3) is 17.3 Å². The van der Waals surface area contributed by atoms with Gasteiger partial charge >= 0.3 is 0 Å². The zero-order chi connectivity index (χ0) is 22.8. The van der Waals surface area contributed by atoms with Crippen LogP contribution in [0, 0.1) is 20.2 Å². The molecule has 2 heterocycles. The van der Waals surface area contributed by atoms with Gasteiger partial charge in [-0.3, -0.25) is 25.0 Å². The number of azo groups is 1. The van der Waals surface area contributed by atoms with Crippen molar-refractivity contribution in [2.45, 2.75) is 13.0 Å². The third-order valence-corrected chi connectivity index (χ3v) is 5.29. The number of carbonyl (C=O) groups is 1. The zero-order valence-electron chi connectivity index (χ0n) is 16.4. The van der Waals surface area contributed by atoms with Crippen LogP contribution in [-0.4, -0.2) is 32.5 Å². The quantitative estimate of drug-likeness (QED) is 0.305. The number of nitro groups is 2. The molecule has 1 aliphatic heterocycles. The number of hydrazone groups is 1. The number of anilines is 1. The van der Waals surface area contributed by atoms with Crippen LogP contribution in [0.2, 0.25) is 0 Å². The Morgan fingerprint density at radius 1 is 1.06 bits per heavy atom. The molecule has 13 heteroatoms. The molecule has 2 aromatic carbocycles. The number of hydrogen-bond acceptors (Lipinski definition) is 10. The highest BCUT2D eigenvalue weighted by Gasteiger charge is 2.36. The van der Waals surface area contributed by atoms with E-state index in [1.165, 1.54) is 36.4 Å². The highest BCUT2D eigenvalue weighted by Crippen LogP contribution is 2.32. The van der Waals surface area contributed by atoms with Gasteiger partial charge in [-0.2, -0.15) is 20.3 Å². The second-order valence-corrected chi connectivity index (χ2v) is 7.44. The van der Waals surface area contributed by atoms with Crippen molar-refractivity contribution in [2.24, 2.45) is 15.3 Å². The van der Waals surface area contributed by atoms with Crippen LogP contribution in [-0.2, 0) is 4.79 Å². The molecule has 160 valence electrons. The van der Waals surface area contributed by atoms with Gasteiger partial charge in [0.15, 0.2) is 6.04 Å². The summed E-state index contributed by atoms with van der Waals surface area (Å²) < 4.78 is 0. The summed E-state index contributed by atoms with van der Waals surface area (Å²) in [6, 6.07) is 10.5. The molecule has 0 N–H and O–H groups in total. The molecule has 4 rings (SSSR count). The SMILES string of the molecule is CC1=NN(c2nc(-c3cccc([N+](=O)[O-])c3)cs2)C(=O)C1N=Nc1ccc([N+](=O)[O-])cc1. The normalized spacial score (nSPS) is 15.9. The molecular weight excluding hydrogens is 438 g/mol. The molecule has 1 atom stereocenters. The van der Waals surface area contributed by atoms with Crippen LogP contribution in [0.1, 0.15) is 6.92 Å². The predicted molar refractivity (Wildman–Crippen MR) is 116 cm³/mol. The average molecular weight is 451 g/mol. The Morgan fingerprint density at radius 2 is 1.78 bits per heavy atom. The zero-order valence-corrected chi connectivity index (χ0v) is 17.2. The van der Waals surface area contributed by atoms with Crippen LogP contribution in [0.3, 0.4) is 0 Å². The Morgan fingerprint density at radius 3 is 2.47 bits per heavy atom. The van der Waals surface area contributed by atoms with Gasteiger partial charge in [-0.25, -0.2) is 4.98 Å². The molecule has 1 unspecified atom stereocenters. The Hall–Kier alpha value is -4.39. The summed E-state index contributed by atoms with van der Waals surface area (Å²) in [5.41, 5.74) is 1.65. The molecule has 0 saturated heterocycles. The Balaban J connectivity index is 1.52. The molecule has 0 fully saturated rings. The van der Waals surface area contributed by atoms with E-state index >= 15 is 0 Å². The lowest BCUT2D eigenvalue weighted by molar-refractivity contribution is -0.385. The van der Waals surface area contributed by atoms with E-state index in [1.807, 2.05) is 0 Å². The first-order valence-corrected chi connectivity index (χ1v) is 9.96. The van der Waals surface area contributed by atoms with Crippen molar-refractivity contribution < 1.29 is 14.6 Å². The Kier molecular flexibility index (Phi) is 5.47. The lowest BCUT2D eigenvalue weighted by Crippen LogP contribution is -2.29. The fourth-order valence-electron chi connectivity index (χ4n) is 2.86.